The predicted octanol–water partition coefficient (Wildman–Crippen LogP) is 5.66. The average Bonchev–Trinajstić information content (AvgIpc) is 2.74. The van der Waals surface area contributed by atoms with E-state index in [1.807, 2.05) is 68.4 Å². The first-order valence-corrected chi connectivity index (χ1v) is 10.1. The molecule has 0 amide bonds. The summed E-state index contributed by atoms with van der Waals surface area (Å²) in [4.78, 5) is 12.5. The van der Waals surface area contributed by atoms with Crippen molar-refractivity contribution in [1.29, 1.82) is 0 Å². The van der Waals surface area contributed by atoms with Gasteiger partial charge in [0.2, 0.25) is 0 Å². The number of esters is 1. The molecular formula is C24H24O2S. The Morgan fingerprint density at radius 3 is 1.52 bits per heavy atom. The maximum absolute atomic E-state index is 12.5. The molecule has 0 N–H and O–H groups in total. The summed E-state index contributed by atoms with van der Waals surface area (Å²) < 4.78 is 4.79. The molecule has 0 saturated heterocycles. The van der Waals surface area contributed by atoms with Gasteiger partial charge in [0.15, 0.2) is 0 Å². The molecule has 3 heteroatoms. The third kappa shape index (κ3) is 4.09. The van der Waals surface area contributed by atoms with Crippen molar-refractivity contribution in [2.24, 2.45) is 0 Å². The number of benzene rings is 3. The molecule has 0 fully saturated rings. The van der Waals surface area contributed by atoms with Crippen molar-refractivity contribution < 1.29 is 9.53 Å². The highest BCUT2D eigenvalue weighted by molar-refractivity contribution is 8.01. The van der Waals surface area contributed by atoms with Crippen molar-refractivity contribution in [1.82, 2.24) is 0 Å². The first-order valence-electron chi connectivity index (χ1n) is 9.19. The minimum atomic E-state index is -0.504. The molecule has 0 aliphatic carbocycles. The molecule has 27 heavy (non-hydrogen) atoms. The van der Waals surface area contributed by atoms with Gasteiger partial charge in [-0.15, -0.1) is 11.8 Å². The molecule has 0 aliphatic heterocycles. The van der Waals surface area contributed by atoms with Gasteiger partial charge < -0.3 is 4.74 Å². The predicted molar refractivity (Wildman–Crippen MR) is 113 cm³/mol. The Kier molecular flexibility index (Phi) is 6.36. The minimum absolute atomic E-state index is 0.185. The average molecular weight is 377 g/mol. The Labute approximate surface area is 165 Å². The Bertz CT molecular complexity index is 751. The monoisotopic (exact) mass is 376 g/mol. The second-order valence-electron chi connectivity index (χ2n) is 6.29. The molecule has 1 atom stereocenters. The van der Waals surface area contributed by atoms with Crippen molar-refractivity contribution in [2.45, 2.75) is 23.8 Å². The minimum Gasteiger partial charge on any atom is -0.465 e. The fourth-order valence-corrected chi connectivity index (χ4v) is 4.81. The molecule has 3 rings (SSSR count). The zero-order chi connectivity index (χ0) is 19.1. The molecule has 0 aliphatic rings. The van der Waals surface area contributed by atoms with E-state index in [0.717, 1.165) is 16.7 Å². The molecule has 0 unspecified atom stereocenters. The number of rotatable bonds is 7. The highest BCUT2D eigenvalue weighted by Gasteiger charge is 2.40. The van der Waals surface area contributed by atoms with Gasteiger partial charge in [0.25, 0.3) is 0 Å². The third-order valence-electron chi connectivity index (χ3n) is 4.51. The lowest BCUT2D eigenvalue weighted by Crippen LogP contribution is -2.31. The van der Waals surface area contributed by atoms with E-state index in [9.17, 15) is 4.79 Å². The molecule has 0 bridgehead atoms. The van der Waals surface area contributed by atoms with Gasteiger partial charge >= 0.3 is 5.97 Å². The lowest BCUT2D eigenvalue weighted by atomic mass is 9.84. The molecule has 2 nitrogen and oxygen atoms in total. The zero-order valence-corrected chi connectivity index (χ0v) is 16.5. The second-order valence-corrected chi connectivity index (χ2v) is 7.85. The maximum Gasteiger partial charge on any atom is 0.318 e. The maximum atomic E-state index is 12.5. The van der Waals surface area contributed by atoms with Crippen LogP contribution >= 0.6 is 11.8 Å². The van der Waals surface area contributed by atoms with Crippen LogP contribution in [0.1, 0.15) is 30.5 Å². The van der Waals surface area contributed by atoms with Crippen LogP contribution in [0.3, 0.4) is 0 Å². The van der Waals surface area contributed by atoms with Crippen molar-refractivity contribution in [3.8, 4) is 0 Å². The van der Waals surface area contributed by atoms with Crippen LogP contribution in [0.25, 0.3) is 0 Å². The molecule has 0 aromatic heterocycles. The van der Waals surface area contributed by atoms with Gasteiger partial charge in [0.05, 0.1) is 11.4 Å². The first-order chi connectivity index (χ1) is 13.2. The van der Waals surface area contributed by atoms with Crippen LogP contribution in [0.15, 0.2) is 91.0 Å². The van der Waals surface area contributed by atoms with E-state index in [0.29, 0.717) is 6.61 Å². The normalized spacial score (nSPS) is 12.4. The summed E-state index contributed by atoms with van der Waals surface area (Å²) in [5.74, 6) is -0.185. The van der Waals surface area contributed by atoms with Crippen molar-refractivity contribution in [2.75, 3.05) is 6.61 Å². The van der Waals surface area contributed by atoms with Crippen molar-refractivity contribution >= 4 is 17.7 Å². The van der Waals surface area contributed by atoms with E-state index in [1.54, 1.807) is 11.8 Å². The van der Waals surface area contributed by atoms with Gasteiger partial charge in [-0.1, -0.05) is 91.0 Å². The summed E-state index contributed by atoms with van der Waals surface area (Å²) >= 11 is 1.62. The molecule has 0 radical (unpaired) electrons. The van der Waals surface area contributed by atoms with Gasteiger partial charge in [0, 0.05) is 0 Å². The van der Waals surface area contributed by atoms with Crippen LogP contribution in [-0.2, 0) is 14.3 Å². The molecule has 3 aromatic rings. The lowest BCUT2D eigenvalue weighted by molar-refractivity contribution is -0.142. The number of thioether (sulfide) groups is 1. The van der Waals surface area contributed by atoms with Gasteiger partial charge in [-0.25, -0.2) is 0 Å². The van der Waals surface area contributed by atoms with Crippen molar-refractivity contribution in [3.05, 3.63) is 108 Å². The zero-order valence-electron chi connectivity index (χ0n) is 15.7. The van der Waals surface area contributed by atoms with E-state index in [4.69, 9.17) is 4.74 Å². The van der Waals surface area contributed by atoms with Crippen molar-refractivity contribution in [3.63, 3.8) is 0 Å². The van der Waals surface area contributed by atoms with Gasteiger partial charge in [-0.05, 0) is 30.5 Å². The molecule has 0 saturated carbocycles. The third-order valence-corrected chi connectivity index (χ3v) is 6.12. The highest BCUT2D eigenvalue weighted by atomic mass is 32.2. The molecular weight excluding hydrogens is 352 g/mol. The summed E-state index contributed by atoms with van der Waals surface area (Å²) in [6, 6.07) is 31.1. The smallest absolute Gasteiger partial charge is 0.318 e. The van der Waals surface area contributed by atoms with E-state index in [1.165, 1.54) is 0 Å². The first kappa shape index (κ1) is 19.2. The van der Waals surface area contributed by atoms with E-state index in [2.05, 4.69) is 36.4 Å². The Morgan fingerprint density at radius 1 is 0.815 bits per heavy atom. The molecule has 138 valence electrons. The number of hydrogen-bond acceptors (Lipinski definition) is 3. The summed E-state index contributed by atoms with van der Waals surface area (Å²) in [5.41, 5.74) is 3.43. The quantitative estimate of drug-likeness (QED) is 0.393. The van der Waals surface area contributed by atoms with Gasteiger partial charge in [0.1, 0.15) is 5.25 Å². The van der Waals surface area contributed by atoms with Crippen LogP contribution in [0.5, 0.6) is 0 Å². The lowest BCUT2D eigenvalue weighted by Gasteiger charge is -2.37. The Balaban J connectivity index is 2.21. The van der Waals surface area contributed by atoms with E-state index >= 15 is 0 Å². The van der Waals surface area contributed by atoms with Crippen LogP contribution in [0, 0.1) is 0 Å². The van der Waals surface area contributed by atoms with Crippen LogP contribution in [0.2, 0.25) is 0 Å². The van der Waals surface area contributed by atoms with Crippen LogP contribution < -0.4 is 0 Å². The summed E-state index contributed by atoms with van der Waals surface area (Å²) in [6.07, 6.45) is 0. The summed E-state index contributed by atoms with van der Waals surface area (Å²) in [6.45, 7) is 4.15. The molecule has 0 heterocycles. The number of ether oxygens (including phenoxy) is 1. The fourth-order valence-electron chi connectivity index (χ4n) is 3.30. The van der Waals surface area contributed by atoms with Crippen LogP contribution in [-0.4, -0.2) is 17.8 Å². The highest BCUT2D eigenvalue weighted by Crippen LogP contribution is 2.50. The second kappa shape index (κ2) is 8.92. The number of carbonyl (C=O) groups is 1. The van der Waals surface area contributed by atoms with Gasteiger partial charge in [-0.2, -0.15) is 0 Å². The Morgan fingerprint density at radius 2 is 1.19 bits per heavy atom. The number of hydrogen-bond donors (Lipinski definition) is 0. The van der Waals surface area contributed by atoms with Crippen LogP contribution in [0.4, 0.5) is 0 Å². The fraction of sp³-hybridized carbons (Fsp3) is 0.208. The Hall–Kier alpha value is -2.52. The van der Waals surface area contributed by atoms with Gasteiger partial charge in [-0.3, -0.25) is 4.79 Å². The molecule has 3 aromatic carbocycles. The summed E-state index contributed by atoms with van der Waals surface area (Å²) in [5, 5.41) is -0.314. The van der Waals surface area contributed by atoms with E-state index < -0.39 is 4.75 Å². The topological polar surface area (TPSA) is 26.3 Å². The standard InChI is InChI=1S/C24H24O2S/c1-3-26-23(25)19(2)27-24(20-13-7-4-8-14-20,21-15-9-5-10-16-21)22-17-11-6-12-18-22/h4-19H,3H2,1-2H3/t19-/m0/s1. The number of carbonyl (C=O) groups excluding carboxylic acids is 1. The molecule has 0 spiro atoms. The largest absolute Gasteiger partial charge is 0.465 e. The SMILES string of the molecule is CCOC(=O)[C@H](C)SC(c1ccccc1)(c1ccccc1)c1ccccc1. The van der Waals surface area contributed by atoms with E-state index in [-0.39, 0.29) is 11.2 Å². The summed E-state index contributed by atoms with van der Waals surface area (Å²) in [7, 11) is 0.